The van der Waals surface area contributed by atoms with Crippen molar-refractivity contribution >= 4 is 5.69 Å². The molecule has 0 amide bonds. The van der Waals surface area contributed by atoms with Crippen LogP contribution in [0, 0.1) is 11.7 Å². The van der Waals surface area contributed by atoms with Crippen LogP contribution in [0.4, 0.5) is 10.1 Å². The second-order valence-corrected chi connectivity index (χ2v) is 4.94. The number of hydrogen-bond donors (Lipinski definition) is 2. The summed E-state index contributed by atoms with van der Waals surface area (Å²) in [6.45, 7) is 2.24. The summed E-state index contributed by atoms with van der Waals surface area (Å²) in [5.41, 5.74) is 0.764. The van der Waals surface area contributed by atoms with Crippen molar-refractivity contribution in [3.8, 4) is 5.75 Å². The Balaban J connectivity index is 1.91. The van der Waals surface area contributed by atoms with Crippen LogP contribution in [0.25, 0.3) is 0 Å². The van der Waals surface area contributed by atoms with Gasteiger partial charge < -0.3 is 10.4 Å². The van der Waals surface area contributed by atoms with Gasteiger partial charge in [-0.05, 0) is 43.7 Å². The molecule has 0 bridgehead atoms. The van der Waals surface area contributed by atoms with Gasteiger partial charge in [0.05, 0.1) is 0 Å². The van der Waals surface area contributed by atoms with Gasteiger partial charge in [0.25, 0.3) is 0 Å². The van der Waals surface area contributed by atoms with Crippen molar-refractivity contribution in [2.75, 3.05) is 5.32 Å². The van der Waals surface area contributed by atoms with E-state index in [1.807, 2.05) is 0 Å². The quantitative estimate of drug-likeness (QED) is 0.781. The van der Waals surface area contributed by atoms with E-state index >= 15 is 0 Å². The third-order valence-electron chi connectivity index (χ3n) is 3.74. The molecule has 0 heterocycles. The van der Waals surface area contributed by atoms with Crippen LogP contribution in [0.3, 0.4) is 0 Å². The molecular formula is C14H20FNO. The number of rotatable bonds is 3. The van der Waals surface area contributed by atoms with E-state index in [4.69, 9.17) is 5.11 Å². The topological polar surface area (TPSA) is 32.3 Å². The Bertz CT molecular complexity index is 372. The Morgan fingerprint density at radius 1 is 1.29 bits per heavy atom. The molecule has 1 aromatic rings. The zero-order valence-corrected chi connectivity index (χ0v) is 10.2. The van der Waals surface area contributed by atoms with Crippen LogP contribution in [-0.4, -0.2) is 11.1 Å². The summed E-state index contributed by atoms with van der Waals surface area (Å²) in [4.78, 5) is 0. The third kappa shape index (κ3) is 3.11. The molecule has 1 aliphatic carbocycles. The molecule has 1 aromatic carbocycles. The van der Waals surface area contributed by atoms with E-state index in [1.54, 1.807) is 6.07 Å². The summed E-state index contributed by atoms with van der Waals surface area (Å²) < 4.78 is 13.2. The van der Waals surface area contributed by atoms with Gasteiger partial charge in [0.2, 0.25) is 0 Å². The smallest absolute Gasteiger partial charge is 0.166 e. The van der Waals surface area contributed by atoms with Crippen LogP contribution in [0.5, 0.6) is 5.75 Å². The number of phenols is 1. The van der Waals surface area contributed by atoms with Crippen LogP contribution >= 0.6 is 0 Å². The van der Waals surface area contributed by atoms with Gasteiger partial charge in [0.15, 0.2) is 11.6 Å². The molecule has 3 heteroatoms. The molecule has 94 valence electrons. The first-order valence-electron chi connectivity index (χ1n) is 6.44. The van der Waals surface area contributed by atoms with E-state index < -0.39 is 5.82 Å². The standard InChI is InChI=1S/C14H20FNO/c1-2-10-3-5-11(6-4-10)16-12-7-8-14(17)13(15)9-12/h7-11,16-17H,2-6H2,1H3. The molecule has 2 rings (SSSR count). The van der Waals surface area contributed by atoms with Crippen LogP contribution in [-0.2, 0) is 0 Å². The molecule has 1 fully saturated rings. The Morgan fingerprint density at radius 2 is 2.00 bits per heavy atom. The minimum Gasteiger partial charge on any atom is -0.505 e. The lowest BCUT2D eigenvalue weighted by Crippen LogP contribution is -2.25. The highest BCUT2D eigenvalue weighted by atomic mass is 19.1. The summed E-state index contributed by atoms with van der Waals surface area (Å²) in [6.07, 6.45) is 6.09. The van der Waals surface area contributed by atoms with Crippen molar-refractivity contribution in [1.29, 1.82) is 0 Å². The molecule has 2 nitrogen and oxygen atoms in total. The van der Waals surface area contributed by atoms with E-state index in [0.717, 1.165) is 24.4 Å². The minimum atomic E-state index is -0.558. The Hall–Kier alpha value is -1.25. The lowest BCUT2D eigenvalue weighted by molar-refractivity contribution is 0.330. The molecule has 0 saturated heterocycles. The minimum absolute atomic E-state index is 0.287. The normalized spacial score (nSPS) is 24.6. The van der Waals surface area contributed by atoms with E-state index in [0.29, 0.717) is 6.04 Å². The molecule has 2 N–H and O–H groups in total. The molecule has 0 aromatic heterocycles. The maximum Gasteiger partial charge on any atom is 0.166 e. The van der Waals surface area contributed by atoms with E-state index in [1.165, 1.54) is 31.4 Å². The molecule has 1 aliphatic rings. The Labute approximate surface area is 102 Å². The Kier molecular flexibility index (Phi) is 3.87. The van der Waals surface area contributed by atoms with E-state index in [9.17, 15) is 4.39 Å². The van der Waals surface area contributed by atoms with Gasteiger partial charge in [0.1, 0.15) is 0 Å². The van der Waals surface area contributed by atoms with Gasteiger partial charge >= 0.3 is 0 Å². The van der Waals surface area contributed by atoms with Gasteiger partial charge in [-0.3, -0.25) is 0 Å². The SMILES string of the molecule is CCC1CCC(Nc2ccc(O)c(F)c2)CC1. The highest BCUT2D eigenvalue weighted by Gasteiger charge is 2.19. The van der Waals surface area contributed by atoms with Gasteiger partial charge in [-0.15, -0.1) is 0 Å². The number of phenolic OH excluding ortho intramolecular Hbond substituents is 1. The summed E-state index contributed by atoms with van der Waals surface area (Å²) in [5, 5.41) is 12.5. The maximum atomic E-state index is 13.2. The van der Waals surface area contributed by atoms with Crippen LogP contribution < -0.4 is 5.32 Å². The predicted octanol–water partition coefficient (Wildman–Crippen LogP) is 3.91. The van der Waals surface area contributed by atoms with Crippen molar-refractivity contribution in [2.24, 2.45) is 5.92 Å². The second kappa shape index (κ2) is 5.39. The van der Waals surface area contributed by atoms with Gasteiger partial charge in [0, 0.05) is 17.8 Å². The highest BCUT2D eigenvalue weighted by Crippen LogP contribution is 2.29. The molecular weight excluding hydrogens is 217 g/mol. The predicted molar refractivity (Wildman–Crippen MR) is 67.7 cm³/mol. The fourth-order valence-electron chi connectivity index (χ4n) is 2.55. The lowest BCUT2D eigenvalue weighted by atomic mass is 9.84. The Morgan fingerprint density at radius 3 is 2.59 bits per heavy atom. The number of halogens is 1. The largest absolute Gasteiger partial charge is 0.505 e. The van der Waals surface area contributed by atoms with Gasteiger partial charge in [-0.25, -0.2) is 4.39 Å². The number of anilines is 1. The monoisotopic (exact) mass is 237 g/mol. The summed E-state index contributed by atoms with van der Waals surface area (Å²) >= 11 is 0. The van der Waals surface area contributed by atoms with Gasteiger partial charge in [-0.1, -0.05) is 13.3 Å². The molecule has 0 spiro atoms. The zero-order valence-electron chi connectivity index (χ0n) is 10.2. The summed E-state index contributed by atoms with van der Waals surface area (Å²) in [5.74, 6) is 0.0205. The zero-order chi connectivity index (χ0) is 12.3. The van der Waals surface area contributed by atoms with E-state index in [2.05, 4.69) is 12.2 Å². The van der Waals surface area contributed by atoms with Crippen molar-refractivity contribution in [3.05, 3.63) is 24.0 Å². The van der Waals surface area contributed by atoms with Crippen LogP contribution in [0.2, 0.25) is 0 Å². The molecule has 1 saturated carbocycles. The van der Waals surface area contributed by atoms with E-state index in [-0.39, 0.29) is 5.75 Å². The maximum absolute atomic E-state index is 13.2. The molecule has 0 unspecified atom stereocenters. The molecule has 0 aliphatic heterocycles. The number of nitrogens with one attached hydrogen (secondary N) is 1. The van der Waals surface area contributed by atoms with Crippen LogP contribution in [0.15, 0.2) is 18.2 Å². The van der Waals surface area contributed by atoms with Crippen molar-refractivity contribution < 1.29 is 9.50 Å². The second-order valence-electron chi connectivity index (χ2n) is 4.94. The fraction of sp³-hybridized carbons (Fsp3) is 0.571. The number of benzene rings is 1. The molecule has 0 radical (unpaired) electrons. The van der Waals surface area contributed by atoms with Crippen molar-refractivity contribution in [1.82, 2.24) is 0 Å². The van der Waals surface area contributed by atoms with Crippen LogP contribution in [0.1, 0.15) is 39.0 Å². The third-order valence-corrected chi connectivity index (χ3v) is 3.74. The van der Waals surface area contributed by atoms with Gasteiger partial charge in [-0.2, -0.15) is 0 Å². The summed E-state index contributed by atoms with van der Waals surface area (Å²) in [7, 11) is 0. The first-order chi connectivity index (χ1) is 8.19. The average molecular weight is 237 g/mol. The molecule has 17 heavy (non-hydrogen) atoms. The first kappa shape index (κ1) is 12.2. The molecule has 0 atom stereocenters. The average Bonchev–Trinajstić information content (AvgIpc) is 2.35. The highest BCUT2D eigenvalue weighted by molar-refractivity contribution is 5.47. The number of aromatic hydroxyl groups is 1. The first-order valence-corrected chi connectivity index (χ1v) is 6.44. The number of hydrogen-bond acceptors (Lipinski definition) is 2. The lowest BCUT2D eigenvalue weighted by Gasteiger charge is -2.29. The summed E-state index contributed by atoms with van der Waals surface area (Å²) in [6, 6.07) is 4.93. The fourth-order valence-corrected chi connectivity index (χ4v) is 2.55. The van der Waals surface area contributed by atoms with Crippen molar-refractivity contribution in [2.45, 2.75) is 45.1 Å². The van der Waals surface area contributed by atoms with Crippen molar-refractivity contribution in [3.63, 3.8) is 0 Å².